The molecule has 1 aromatic carbocycles. The fourth-order valence-electron chi connectivity index (χ4n) is 1.52. The van der Waals surface area contributed by atoms with Crippen molar-refractivity contribution in [2.45, 2.75) is 26.4 Å². The van der Waals surface area contributed by atoms with Crippen molar-refractivity contribution in [3.05, 3.63) is 29.8 Å². The highest BCUT2D eigenvalue weighted by molar-refractivity contribution is 5.72. The predicted molar refractivity (Wildman–Crippen MR) is 66.2 cm³/mol. The van der Waals surface area contributed by atoms with E-state index in [9.17, 15) is 4.79 Å². The number of ether oxygens (including phenoxy) is 1. The molecule has 0 saturated carbocycles. The van der Waals surface area contributed by atoms with Crippen LogP contribution in [0.4, 0.5) is 0 Å². The average molecular weight is 237 g/mol. The van der Waals surface area contributed by atoms with E-state index in [1.54, 1.807) is 18.9 Å². The quantitative estimate of drug-likeness (QED) is 0.822. The third kappa shape index (κ3) is 3.75. The molecule has 0 aliphatic carbocycles. The number of rotatable bonds is 6. The summed E-state index contributed by atoms with van der Waals surface area (Å²) in [6.45, 7) is 4.77. The molecular weight excluding hydrogens is 218 g/mol. The highest BCUT2D eigenvalue weighted by Gasteiger charge is 2.17. The van der Waals surface area contributed by atoms with Crippen LogP contribution in [0.1, 0.15) is 19.4 Å². The highest BCUT2D eigenvalue weighted by atomic mass is 16.5. The molecule has 94 valence electrons. The molecule has 1 N–H and O–H groups in total. The van der Waals surface area contributed by atoms with Crippen LogP contribution in [-0.2, 0) is 11.3 Å². The summed E-state index contributed by atoms with van der Waals surface area (Å²) in [7, 11) is 1.79. The molecule has 1 unspecified atom stereocenters. The summed E-state index contributed by atoms with van der Waals surface area (Å²) in [6, 6.07) is 7.19. The third-order valence-electron chi connectivity index (χ3n) is 2.71. The first-order valence-corrected chi connectivity index (χ1v) is 5.70. The van der Waals surface area contributed by atoms with Gasteiger partial charge in [0.2, 0.25) is 0 Å². The Labute approximate surface area is 102 Å². The van der Waals surface area contributed by atoms with Crippen LogP contribution >= 0.6 is 0 Å². The lowest BCUT2D eigenvalue weighted by Gasteiger charge is -2.22. The van der Waals surface area contributed by atoms with Crippen LogP contribution in [0.3, 0.4) is 0 Å². The lowest BCUT2D eigenvalue weighted by molar-refractivity contribution is -0.142. The molecule has 1 rings (SSSR count). The van der Waals surface area contributed by atoms with E-state index in [1.807, 2.05) is 31.2 Å². The third-order valence-corrected chi connectivity index (χ3v) is 2.71. The molecular formula is C13H19NO3. The van der Waals surface area contributed by atoms with Crippen LogP contribution in [0.25, 0.3) is 0 Å². The topological polar surface area (TPSA) is 49.8 Å². The number of carboxylic acid groups (broad SMARTS) is 1. The Morgan fingerprint density at radius 1 is 1.47 bits per heavy atom. The van der Waals surface area contributed by atoms with Gasteiger partial charge in [0.25, 0.3) is 0 Å². The van der Waals surface area contributed by atoms with E-state index < -0.39 is 12.0 Å². The zero-order chi connectivity index (χ0) is 12.8. The molecule has 17 heavy (non-hydrogen) atoms. The summed E-state index contributed by atoms with van der Waals surface area (Å²) in [5.74, 6) is 0.000768. The van der Waals surface area contributed by atoms with Gasteiger partial charge in [-0.05, 0) is 27.0 Å². The zero-order valence-corrected chi connectivity index (χ0v) is 10.5. The Balaban J connectivity index is 2.76. The van der Waals surface area contributed by atoms with Gasteiger partial charge in [-0.2, -0.15) is 0 Å². The molecule has 0 bridgehead atoms. The molecule has 1 aromatic rings. The lowest BCUT2D eigenvalue weighted by Crippen LogP contribution is -2.35. The Morgan fingerprint density at radius 2 is 2.12 bits per heavy atom. The molecule has 0 fully saturated rings. The molecule has 4 heteroatoms. The standard InChI is InChI=1S/C13H19NO3/c1-4-17-12-8-6-5-7-11(12)9-14(3)10(2)13(15)16/h5-8,10H,4,9H2,1-3H3,(H,15,16). The summed E-state index contributed by atoms with van der Waals surface area (Å²) < 4.78 is 5.50. The van der Waals surface area contributed by atoms with Gasteiger partial charge in [0.15, 0.2) is 0 Å². The minimum atomic E-state index is -0.818. The Hall–Kier alpha value is -1.55. The van der Waals surface area contributed by atoms with Crippen LogP contribution in [-0.4, -0.2) is 35.7 Å². The molecule has 0 amide bonds. The van der Waals surface area contributed by atoms with Crippen molar-refractivity contribution in [3.8, 4) is 5.75 Å². The largest absolute Gasteiger partial charge is 0.494 e. The normalized spacial score (nSPS) is 12.5. The van der Waals surface area contributed by atoms with E-state index >= 15 is 0 Å². The SMILES string of the molecule is CCOc1ccccc1CN(C)C(C)C(=O)O. The molecule has 0 aliphatic rings. The summed E-state index contributed by atoms with van der Waals surface area (Å²) in [6.07, 6.45) is 0. The molecule has 4 nitrogen and oxygen atoms in total. The summed E-state index contributed by atoms with van der Waals surface area (Å²) in [4.78, 5) is 12.6. The maximum absolute atomic E-state index is 10.9. The van der Waals surface area contributed by atoms with Crippen LogP contribution in [0.5, 0.6) is 5.75 Å². The fraction of sp³-hybridized carbons (Fsp3) is 0.462. The van der Waals surface area contributed by atoms with Gasteiger partial charge < -0.3 is 9.84 Å². The van der Waals surface area contributed by atoms with E-state index in [0.29, 0.717) is 13.2 Å². The van der Waals surface area contributed by atoms with Crippen LogP contribution in [0.2, 0.25) is 0 Å². The molecule has 0 spiro atoms. The monoisotopic (exact) mass is 237 g/mol. The number of aliphatic carboxylic acids is 1. The molecule has 1 atom stereocenters. The second-order valence-electron chi connectivity index (χ2n) is 3.97. The smallest absolute Gasteiger partial charge is 0.320 e. The number of likely N-dealkylation sites (N-methyl/N-ethyl adjacent to an activating group) is 1. The van der Waals surface area contributed by atoms with Gasteiger partial charge in [0.1, 0.15) is 11.8 Å². The maximum atomic E-state index is 10.9. The van der Waals surface area contributed by atoms with Crippen LogP contribution in [0, 0.1) is 0 Å². The van der Waals surface area contributed by atoms with E-state index in [2.05, 4.69) is 0 Å². The first-order valence-electron chi connectivity index (χ1n) is 5.70. The summed E-state index contributed by atoms with van der Waals surface area (Å²) in [5, 5.41) is 8.93. The molecule has 0 aliphatic heterocycles. The van der Waals surface area contributed by atoms with Crippen LogP contribution < -0.4 is 4.74 Å². The number of para-hydroxylation sites is 1. The van der Waals surface area contributed by atoms with Crippen molar-refractivity contribution in [2.24, 2.45) is 0 Å². The number of hydrogen-bond donors (Lipinski definition) is 1. The first kappa shape index (κ1) is 13.5. The van der Waals surface area contributed by atoms with Crippen molar-refractivity contribution in [1.29, 1.82) is 0 Å². The first-order chi connectivity index (χ1) is 8.06. The predicted octanol–water partition coefficient (Wildman–Crippen LogP) is 1.99. The van der Waals surface area contributed by atoms with E-state index in [4.69, 9.17) is 9.84 Å². The highest BCUT2D eigenvalue weighted by Crippen LogP contribution is 2.20. The van der Waals surface area contributed by atoms with Crippen LogP contribution in [0.15, 0.2) is 24.3 Å². The van der Waals surface area contributed by atoms with Crippen molar-refractivity contribution >= 4 is 5.97 Å². The van der Waals surface area contributed by atoms with Crippen molar-refractivity contribution in [2.75, 3.05) is 13.7 Å². The van der Waals surface area contributed by atoms with Gasteiger partial charge in [-0.1, -0.05) is 18.2 Å². The Bertz CT molecular complexity index is 379. The number of carboxylic acids is 1. The van der Waals surface area contributed by atoms with Gasteiger partial charge in [-0.25, -0.2) is 0 Å². The minimum absolute atomic E-state index is 0.510. The van der Waals surface area contributed by atoms with E-state index in [0.717, 1.165) is 11.3 Å². The minimum Gasteiger partial charge on any atom is -0.494 e. The van der Waals surface area contributed by atoms with Gasteiger partial charge in [-0.15, -0.1) is 0 Å². The van der Waals surface area contributed by atoms with E-state index in [-0.39, 0.29) is 0 Å². The average Bonchev–Trinajstić information content (AvgIpc) is 2.30. The fourth-order valence-corrected chi connectivity index (χ4v) is 1.52. The summed E-state index contributed by atoms with van der Waals surface area (Å²) >= 11 is 0. The van der Waals surface area contributed by atoms with Gasteiger partial charge in [0, 0.05) is 12.1 Å². The van der Waals surface area contributed by atoms with Crippen molar-refractivity contribution in [1.82, 2.24) is 4.90 Å². The molecule has 0 radical (unpaired) electrons. The number of nitrogens with zero attached hydrogens (tertiary/aromatic N) is 1. The van der Waals surface area contributed by atoms with Gasteiger partial charge in [0.05, 0.1) is 6.61 Å². The molecule has 0 aromatic heterocycles. The van der Waals surface area contributed by atoms with Gasteiger partial charge >= 0.3 is 5.97 Å². The Morgan fingerprint density at radius 3 is 2.71 bits per heavy atom. The van der Waals surface area contributed by atoms with Crippen molar-refractivity contribution < 1.29 is 14.6 Å². The lowest BCUT2D eigenvalue weighted by atomic mass is 10.1. The number of hydrogen-bond acceptors (Lipinski definition) is 3. The number of benzene rings is 1. The zero-order valence-electron chi connectivity index (χ0n) is 10.5. The van der Waals surface area contributed by atoms with Crippen molar-refractivity contribution in [3.63, 3.8) is 0 Å². The Kier molecular flexibility index (Phi) is 4.97. The second kappa shape index (κ2) is 6.25. The second-order valence-corrected chi connectivity index (χ2v) is 3.97. The maximum Gasteiger partial charge on any atom is 0.320 e. The number of carbonyl (C=O) groups is 1. The van der Waals surface area contributed by atoms with E-state index in [1.165, 1.54) is 0 Å². The van der Waals surface area contributed by atoms with Gasteiger partial charge in [-0.3, -0.25) is 9.69 Å². The summed E-state index contributed by atoms with van der Waals surface area (Å²) in [5.41, 5.74) is 1.00. The molecule has 0 saturated heterocycles. The molecule has 0 heterocycles.